The average Bonchev–Trinajstić information content (AvgIpc) is 2.81. The van der Waals surface area contributed by atoms with E-state index in [9.17, 15) is 9.59 Å². The summed E-state index contributed by atoms with van der Waals surface area (Å²) in [6.45, 7) is 5.98. The molecule has 0 spiro atoms. The van der Waals surface area contributed by atoms with Crippen molar-refractivity contribution in [1.82, 2.24) is 20.2 Å². The van der Waals surface area contributed by atoms with Crippen molar-refractivity contribution in [3.05, 3.63) is 26.6 Å². The first-order chi connectivity index (χ1) is 10.9. The van der Waals surface area contributed by atoms with E-state index < -0.39 is 5.97 Å². The largest absolute Gasteiger partial charge is 0.462 e. The van der Waals surface area contributed by atoms with E-state index in [0.29, 0.717) is 39.6 Å². The van der Waals surface area contributed by atoms with E-state index in [1.54, 1.807) is 13.8 Å². The Morgan fingerprint density at radius 1 is 1.43 bits per heavy atom. The molecule has 0 aliphatic heterocycles. The van der Waals surface area contributed by atoms with E-state index in [2.05, 4.69) is 20.2 Å². The minimum absolute atomic E-state index is 0.219. The maximum atomic E-state index is 12.3. The molecule has 126 valence electrons. The number of carbonyl (C=O) groups excluding carboxylic acids is 1. The van der Waals surface area contributed by atoms with Crippen LogP contribution < -0.4 is 10.9 Å². The number of rotatable bonds is 7. The molecule has 0 saturated carbocycles. The van der Waals surface area contributed by atoms with E-state index in [0.717, 1.165) is 13.1 Å². The van der Waals surface area contributed by atoms with Crippen molar-refractivity contribution in [1.29, 1.82) is 0 Å². The molecule has 0 fully saturated rings. The Bertz CT molecular complexity index is 751. The number of likely N-dealkylation sites (N-methyl/N-ethyl adjacent to an activating group) is 1. The normalized spacial score (nSPS) is 11.3. The van der Waals surface area contributed by atoms with Gasteiger partial charge in [-0.3, -0.25) is 4.79 Å². The van der Waals surface area contributed by atoms with Gasteiger partial charge >= 0.3 is 5.97 Å². The number of nitrogens with one attached hydrogen (secondary N) is 2. The quantitative estimate of drug-likeness (QED) is 0.581. The van der Waals surface area contributed by atoms with Crippen LogP contribution >= 0.6 is 11.3 Å². The summed E-state index contributed by atoms with van der Waals surface area (Å²) in [7, 11) is 4.00. The summed E-state index contributed by atoms with van der Waals surface area (Å²) >= 11 is 1.20. The summed E-state index contributed by atoms with van der Waals surface area (Å²) in [6.07, 6.45) is 0. The molecule has 0 unspecified atom stereocenters. The molecule has 2 heterocycles. The van der Waals surface area contributed by atoms with Crippen LogP contribution in [0.3, 0.4) is 0 Å². The third-order valence-electron chi connectivity index (χ3n) is 3.34. The van der Waals surface area contributed by atoms with Crippen molar-refractivity contribution >= 4 is 27.5 Å². The second-order valence-electron chi connectivity index (χ2n) is 5.45. The number of aromatic amines is 1. The molecule has 23 heavy (non-hydrogen) atoms. The summed E-state index contributed by atoms with van der Waals surface area (Å²) in [6, 6.07) is 0. The predicted molar refractivity (Wildman–Crippen MR) is 91.2 cm³/mol. The zero-order chi connectivity index (χ0) is 17.0. The lowest BCUT2D eigenvalue weighted by atomic mass is 10.2. The lowest BCUT2D eigenvalue weighted by Gasteiger charge is -2.09. The van der Waals surface area contributed by atoms with Gasteiger partial charge in [-0.2, -0.15) is 0 Å². The molecule has 2 N–H and O–H groups in total. The molecule has 7 nitrogen and oxygen atoms in total. The molecule has 8 heteroatoms. The Morgan fingerprint density at radius 2 is 2.17 bits per heavy atom. The molecular weight excluding hydrogens is 316 g/mol. The summed E-state index contributed by atoms with van der Waals surface area (Å²) in [5, 5.41) is 3.70. The van der Waals surface area contributed by atoms with Crippen molar-refractivity contribution in [3.8, 4) is 0 Å². The van der Waals surface area contributed by atoms with Gasteiger partial charge in [-0.25, -0.2) is 9.78 Å². The highest BCUT2D eigenvalue weighted by molar-refractivity contribution is 7.20. The maximum Gasteiger partial charge on any atom is 0.348 e. The van der Waals surface area contributed by atoms with Gasteiger partial charge < -0.3 is 19.9 Å². The summed E-state index contributed by atoms with van der Waals surface area (Å²) in [5.41, 5.74) is 0.410. The van der Waals surface area contributed by atoms with Gasteiger partial charge in [-0.05, 0) is 33.5 Å². The molecule has 0 saturated heterocycles. The van der Waals surface area contributed by atoms with Gasteiger partial charge in [0.05, 0.1) is 18.5 Å². The van der Waals surface area contributed by atoms with Crippen LogP contribution in [0.25, 0.3) is 10.2 Å². The molecule has 0 atom stereocenters. The molecule has 2 aromatic rings. The number of fused-ring (bicyclic) bond motifs is 1. The van der Waals surface area contributed by atoms with Crippen LogP contribution in [0.5, 0.6) is 0 Å². The Balaban J connectivity index is 2.24. The second-order valence-corrected chi connectivity index (χ2v) is 6.45. The van der Waals surface area contributed by atoms with Gasteiger partial charge in [0.15, 0.2) is 0 Å². The number of nitrogens with zero attached hydrogens (tertiary/aromatic N) is 2. The lowest BCUT2D eigenvalue weighted by Crippen LogP contribution is -2.27. The third-order valence-corrected chi connectivity index (χ3v) is 4.50. The highest BCUT2D eigenvalue weighted by Gasteiger charge is 2.20. The van der Waals surface area contributed by atoms with E-state index in [1.807, 2.05) is 14.1 Å². The minimum Gasteiger partial charge on any atom is -0.462 e. The fourth-order valence-corrected chi connectivity index (χ4v) is 3.27. The molecule has 2 rings (SSSR count). The highest BCUT2D eigenvalue weighted by Crippen LogP contribution is 2.27. The molecule has 0 aliphatic carbocycles. The van der Waals surface area contributed by atoms with Crippen LogP contribution in [-0.2, 0) is 11.3 Å². The van der Waals surface area contributed by atoms with Gasteiger partial charge in [0.25, 0.3) is 5.56 Å². The summed E-state index contributed by atoms with van der Waals surface area (Å²) in [5.74, 6) is 0.163. The smallest absolute Gasteiger partial charge is 0.348 e. The average molecular weight is 338 g/mol. The Labute approximate surface area is 138 Å². The van der Waals surface area contributed by atoms with Crippen molar-refractivity contribution in [2.75, 3.05) is 33.8 Å². The molecule has 2 aromatic heterocycles. The fourth-order valence-electron chi connectivity index (χ4n) is 2.17. The van der Waals surface area contributed by atoms with Gasteiger partial charge in [0.1, 0.15) is 15.5 Å². The number of aryl methyl sites for hydroxylation is 1. The number of carbonyl (C=O) groups is 1. The molecule has 0 aliphatic rings. The summed E-state index contributed by atoms with van der Waals surface area (Å²) < 4.78 is 5.02. The number of hydrogen-bond acceptors (Lipinski definition) is 7. The molecule has 0 radical (unpaired) electrons. The molecular formula is C15H22N4O3S. The van der Waals surface area contributed by atoms with Crippen molar-refractivity contribution in [2.24, 2.45) is 0 Å². The zero-order valence-corrected chi connectivity index (χ0v) is 14.7. The fraction of sp³-hybridized carbons (Fsp3) is 0.533. The first kappa shape index (κ1) is 17.6. The Kier molecular flexibility index (Phi) is 5.86. The first-order valence-electron chi connectivity index (χ1n) is 7.48. The van der Waals surface area contributed by atoms with Crippen LogP contribution in [0, 0.1) is 6.92 Å². The van der Waals surface area contributed by atoms with Gasteiger partial charge in [0.2, 0.25) is 0 Å². The van der Waals surface area contributed by atoms with E-state index in [4.69, 9.17) is 4.74 Å². The second kappa shape index (κ2) is 7.67. The van der Waals surface area contributed by atoms with Crippen LogP contribution in [0.2, 0.25) is 0 Å². The number of esters is 1. The standard InChI is InChI=1S/C15H22N4O3S/c1-5-22-15(21)12-9(2)11-13(20)17-10(18-14(11)23-12)8-16-6-7-19(3)4/h16H,5-8H2,1-4H3,(H,17,18,20). The number of hydrogen-bond donors (Lipinski definition) is 2. The van der Waals surface area contributed by atoms with Gasteiger partial charge in [-0.1, -0.05) is 0 Å². The van der Waals surface area contributed by atoms with Crippen LogP contribution in [-0.4, -0.2) is 54.6 Å². The minimum atomic E-state index is -0.405. The Hall–Kier alpha value is -1.77. The predicted octanol–water partition coefficient (Wildman–Crippen LogP) is 1.12. The SMILES string of the molecule is CCOC(=O)c1sc2nc(CNCCN(C)C)[nH]c(=O)c2c1C. The summed E-state index contributed by atoms with van der Waals surface area (Å²) in [4.78, 5) is 34.5. The van der Waals surface area contributed by atoms with Crippen molar-refractivity contribution in [3.63, 3.8) is 0 Å². The number of ether oxygens (including phenoxy) is 1. The number of thiophene rings is 1. The number of aromatic nitrogens is 2. The third kappa shape index (κ3) is 4.15. The van der Waals surface area contributed by atoms with Crippen LogP contribution in [0.15, 0.2) is 4.79 Å². The van der Waals surface area contributed by atoms with Crippen molar-refractivity contribution in [2.45, 2.75) is 20.4 Å². The molecule has 0 bridgehead atoms. The lowest BCUT2D eigenvalue weighted by molar-refractivity contribution is 0.0531. The van der Waals surface area contributed by atoms with Crippen LogP contribution in [0.4, 0.5) is 0 Å². The van der Waals surface area contributed by atoms with Gasteiger partial charge in [0, 0.05) is 13.1 Å². The molecule has 0 amide bonds. The first-order valence-corrected chi connectivity index (χ1v) is 8.30. The topological polar surface area (TPSA) is 87.3 Å². The van der Waals surface area contributed by atoms with Crippen molar-refractivity contribution < 1.29 is 9.53 Å². The number of H-pyrrole nitrogens is 1. The van der Waals surface area contributed by atoms with Crippen LogP contribution in [0.1, 0.15) is 28.0 Å². The van der Waals surface area contributed by atoms with Gasteiger partial charge in [-0.15, -0.1) is 11.3 Å². The molecule has 0 aromatic carbocycles. The van der Waals surface area contributed by atoms with E-state index >= 15 is 0 Å². The Morgan fingerprint density at radius 3 is 2.83 bits per heavy atom. The highest BCUT2D eigenvalue weighted by atomic mass is 32.1. The maximum absolute atomic E-state index is 12.3. The monoisotopic (exact) mass is 338 g/mol. The van der Waals surface area contributed by atoms with E-state index in [1.165, 1.54) is 11.3 Å². The van der Waals surface area contributed by atoms with E-state index in [-0.39, 0.29) is 5.56 Å². The zero-order valence-electron chi connectivity index (χ0n) is 13.9.